The average molecular weight is 279 g/mol. The third kappa shape index (κ3) is 2.21. The third-order valence-electron chi connectivity index (χ3n) is 4.96. The molecule has 1 unspecified atom stereocenters. The van der Waals surface area contributed by atoms with Crippen molar-refractivity contribution in [2.24, 2.45) is 0 Å². The smallest absolute Gasteiger partial charge is 0.115 e. The highest BCUT2D eigenvalue weighted by Crippen LogP contribution is 2.39. The SMILES string of the molecule is CC1CCCc2cccc(N3CCc4cncnc4C3)c21. The minimum Gasteiger partial charge on any atom is -0.365 e. The zero-order valence-electron chi connectivity index (χ0n) is 12.5. The lowest BCUT2D eigenvalue weighted by molar-refractivity contribution is 0.584. The van der Waals surface area contributed by atoms with E-state index in [1.807, 2.05) is 6.20 Å². The molecule has 21 heavy (non-hydrogen) atoms. The van der Waals surface area contributed by atoms with Crippen molar-refractivity contribution in [2.45, 2.75) is 45.1 Å². The first kappa shape index (κ1) is 12.8. The van der Waals surface area contributed by atoms with Gasteiger partial charge in [0.25, 0.3) is 0 Å². The molecular formula is C18H21N3. The second-order valence-electron chi connectivity index (χ2n) is 6.31. The van der Waals surface area contributed by atoms with Crippen molar-refractivity contribution in [3.05, 3.63) is 53.1 Å². The quantitative estimate of drug-likeness (QED) is 0.800. The van der Waals surface area contributed by atoms with Crippen LogP contribution in [0.4, 0.5) is 5.69 Å². The monoisotopic (exact) mass is 279 g/mol. The van der Waals surface area contributed by atoms with E-state index in [-0.39, 0.29) is 0 Å². The van der Waals surface area contributed by atoms with E-state index in [1.54, 1.807) is 17.5 Å². The number of aromatic nitrogens is 2. The topological polar surface area (TPSA) is 29.0 Å². The number of hydrogen-bond acceptors (Lipinski definition) is 3. The van der Waals surface area contributed by atoms with Gasteiger partial charge in [-0.15, -0.1) is 0 Å². The molecule has 2 heterocycles. The summed E-state index contributed by atoms with van der Waals surface area (Å²) in [7, 11) is 0. The van der Waals surface area contributed by atoms with E-state index in [1.165, 1.54) is 36.2 Å². The van der Waals surface area contributed by atoms with Crippen LogP contribution < -0.4 is 4.90 Å². The number of rotatable bonds is 1. The first-order valence-corrected chi connectivity index (χ1v) is 7.97. The number of hydrogen-bond donors (Lipinski definition) is 0. The van der Waals surface area contributed by atoms with Crippen LogP contribution in [0.3, 0.4) is 0 Å². The number of aryl methyl sites for hydroxylation is 1. The number of fused-ring (bicyclic) bond motifs is 2. The molecular weight excluding hydrogens is 258 g/mol. The van der Waals surface area contributed by atoms with E-state index in [9.17, 15) is 0 Å². The van der Waals surface area contributed by atoms with Crippen LogP contribution in [0.25, 0.3) is 0 Å². The van der Waals surface area contributed by atoms with Crippen molar-refractivity contribution in [1.82, 2.24) is 9.97 Å². The van der Waals surface area contributed by atoms with Crippen molar-refractivity contribution >= 4 is 5.69 Å². The Balaban J connectivity index is 1.72. The lowest BCUT2D eigenvalue weighted by Gasteiger charge is -2.35. The Kier molecular flexibility index (Phi) is 3.13. The van der Waals surface area contributed by atoms with E-state index in [0.717, 1.165) is 19.5 Å². The first-order chi connectivity index (χ1) is 10.3. The van der Waals surface area contributed by atoms with Crippen LogP contribution in [0.15, 0.2) is 30.7 Å². The lowest BCUT2D eigenvalue weighted by atomic mass is 9.82. The van der Waals surface area contributed by atoms with Crippen LogP contribution in [0.5, 0.6) is 0 Å². The van der Waals surface area contributed by atoms with Crippen LogP contribution in [0.1, 0.15) is 48.1 Å². The molecule has 1 aliphatic carbocycles. The highest BCUT2D eigenvalue weighted by atomic mass is 15.1. The standard InChI is InChI=1S/C18H21N3/c1-13-4-2-5-14-6-3-7-17(18(13)14)21-9-8-15-10-19-12-20-16(15)11-21/h3,6-7,10,12-13H,2,4-5,8-9,11H2,1H3. The van der Waals surface area contributed by atoms with Crippen LogP contribution in [-0.2, 0) is 19.4 Å². The van der Waals surface area contributed by atoms with Crippen LogP contribution >= 0.6 is 0 Å². The zero-order valence-corrected chi connectivity index (χ0v) is 12.5. The van der Waals surface area contributed by atoms with Gasteiger partial charge in [0.1, 0.15) is 6.33 Å². The zero-order chi connectivity index (χ0) is 14.2. The van der Waals surface area contributed by atoms with Crippen molar-refractivity contribution in [2.75, 3.05) is 11.4 Å². The summed E-state index contributed by atoms with van der Waals surface area (Å²) in [4.78, 5) is 11.1. The highest BCUT2D eigenvalue weighted by molar-refractivity contribution is 5.60. The molecule has 0 amide bonds. The van der Waals surface area contributed by atoms with Gasteiger partial charge in [-0.05, 0) is 54.4 Å². The molecule has 0 spiro atoms. The summed E-state index contributed by atoms with van der Waals surface area (Å²) in [5, 5.41) is 0. The predicted octanol–water partition coefficient (Wildman–Crippen LogP) is 3.48. The largest absolute Gasteiger partial charge is 0.365 e. The Bertz CT molecular complexity index is 665. The lowest BCUT2D eigenvalue weighted by Crippen LogP contribution is -2.32. The summed E-state index contributed by atoms with van der Waals surface area (Å²) in [5.74, 6) is 0.678. The van der Waals surface area contributed by atoms with Gasteiger partial charge in [0.2, 0.25) is 0 Å². The number of anilines is 1. The summed E-state index contributed by atoms with van der Waals surface area (Å²) < 4.78 is 0. The average Bonchev–Trinajstić information content (AvgIpc) is 2.54. The van der Waals surface area contributed by atoms with Crippen LogP contribution in [-0.4, -0.2) is 16.5 Å². The van der Waals surface area contributed by atoms with Gasteiger partial charge < -0.3 is 4.90 Å². The molecule has 108 valence electrons. The van der Waals surface area contributed by atoms with Gasteiger partial charge in [0.05, 0.1) is 12.2 Å². The first-order valence-electron chi connectivity index (χ1n) is 7.97. The predicted molar refractivity (Wildman–Crippen MR) is 84.6 cm³/mol. The number of benzene rings is 1. The molecule has 0 fully saturated rings. The Morgan fingerprint density at radius 1 is 1.19 bits per heavy atom. The molecule has 0 saturated heterocycles. The van der Waals surface area contributed by atoms with Crippen molar-refractivity contribution in [1.29, 1.82) is 0 Å². The van der Waals surface area contributed by atoms with E-state index in [0.29, 0.717) is 5.92 Å². The van der Waals surface area contributed by atoms with Gasteiger partial charge in [0.15, 0.2) is 0 Å². The fourth-order valence-corrected chi connectivity index (χ4v) is 3.86. The van der Waals surface area contributed by atoms with E-state index < -0.39 is 0 Å². The maximum Gasteiger partial charge on any atom is 0.115 e. The van der Waals surface area contributed by atoms with E-state index in [4.69, 9.17) is 0 Å². The second kappa shape index (κ2) is 5.14. The van der Waals surface area contributed by atoms with Crippen LogP contribution in [0, 0.1) is 0 Å². The Labute approximate surface area is 126 Å². The Hall–Kier alpha value is -1.90. The molecule has 1 aliphatic heterocycles. The number of nitrogens with zero attached hydrogens (tertiary/aromatic N) is 3. The fraction of sp³-hybridized carbons (Fsp3) is 0.444. The molecule has 1 aromatic heterocycles. The Morgan fingerprint density at radius 2 is 2.14 bits per heavy atom. The van der Waals surface area contributed by atoms with Gasteiger partial charge in [-0.2, -0.15) is 0 Å². The molecule has 2 aliphatic rings. The van der Waals surface area contributed by atoms with E-state index in [2.05, 4.69) is 40.0 Å². The van der Waals surface area contributed by atoms with Gasteiger partial charge in [0, 0.05) is 18.4 Å². The van der Waals surface area contributed by atoms with E-state index >= 15 is 0 Å². The molecule has 1 atom stereocenters. The molecule has 0 radical (unpaired) electrons. The summed E-state index contributed by atoms with van der Waals surface area (Å²) in [6, 6.07) is 6.84. The van der Waals surface area contributed by atoms with Gasteiger partial charge >= 0.3 is 0 Å². The Morgan fingerprint density at radius 3 is 3.10 bits per heavy atom. The van der Waals surface area contributed by atoms with Crippen molar-refractivity contribution in [3.8, 4) is 0 Å². The highest BCUT2D eigenvalue weighted by Gasteiger charge is 2.25. The third-order valence-corrected chi connectivity index (χ3v) is 4.96. The molecule has 0 bridgehead atoms. The summed E-state index contributed by atoms with van der Waals surface area (Å²) in [5.41, 5.74) is 7.08. The van der Waals surface area contributed by atoms with Crippen molar-refractivity contribution in [3.63, 3.8) is 0 Å². The van der Waals surface area contributed by atoms with Gasteiger partial charge in [-0.3, -0.25) is 0 Å². The van der Waals surface area contributed by atoms with Gasteiger partial charge in [-0.25, -0.2) is 9.97 Å². The molecule has 3 heteroatoms. The summed E-state index contributed by atoms with van der Waals surface area (Å²) in [6.07, 6.45) is 8.58. The second-order valence-corrected chi connectivity index (χ2v) is 6.31. The fourth-order valence-electron chi connectivity index (χ4n) is 3.86. The molecule has 3 nitrogen and oxygen atoms in total. The maximum atomic E-state index is 4.47. The minimum atomic E-state index is 0.678. The summed E-state index contributed by atoms with van der Waals surface area (Å²) in [6.45, 7) is 4.37. The molecule has 0 N–H and O–H groups in total. The molecule has 4 rings (SSSR count). The molecule has 0 saturated carbocycles. The minimum absolute atomic E-state index is 0.678. The summed E-state index contributed by atoms with van der Waals surface area (Å²) >= 11 is 0. The van der Waals surface area contributed by atoms with Crippen molar-refractivity contribution < 1.29 is 0 Å². The maximum absolute atomic E-state index is 4.47. The molecule has 2 aromatic rings. The molecule has 1 aromatic carbocycles. The van der Waals surface area contributed by atoms with Gasteiger partial charge in [-0.1, -0.05) is 19.1 Å². The normalized spacial score (nSPS) is 20.8. The van der Waals surface area contributed by atoms with Crippen LogP contribution in [0.2, 0.25) is 0 Å².